The SMILES string of the molecule is CN=C(C=C(N)C(F)(F)F)N1CC2(CCC(NC)(c3cccc(F)c3)CC2)N(CC2CC2)C1=O. The van der Waals surface area contributed by atoms with Crippen LogP contribution in [0, 0.1) is 11.7 Å². The normalized spacial score (nSPS) is 28.8. The molecule has 1 aromatic rings. The van der Waals surface area contributed by atoms with Crippen LogP contribution in [0.25, 0.3) is 0 Å². The van der Waals surface area contributed by atoms with E-state index in [9.17, 15) is 22.4 Å². The Morgan fingerprint density at radius 2 is 1.94 bits per heavy atom. The molecule has 2 aliphatic carbocycles. The molecule has 1 heterocycles. The summed E-state index contributed by atoms with van der Waals surface area (Å²) in [6.07, 6.45) is 0.705. The van der Waals surface area contributed by atoms with E-state index < -0.39 is 23.0 Å². The molecule has 3 N–H and O–H groups in total. The molecule has 4 rings (SSSR count). The number of rotatable bonds is 5. The van der Waals surface area contributed by atoms with E-state index in [1.54, 1.807) is 6.07 Å². The zero-order chi connectivity index (χ0) is 24.7. The predicted molar refractivity (Wildman–Crippen MR) is 122 cm³/mol. The maximum atomic E-state index is 14.0. The molecular weight excluding hydrogens is 450 g/mol. The smallest absolute Gasteiger partial charge is 0.395 e. The molecule has 0 radical (unpaired) electrons. The highest BCUT2D eigenvalue weighted by Gasteiger charge is 2.55. The number of halogens is 4. The van der Waals surface area contributed by atoms with Gasteiger partial charge >= 0.3 is 12.2 Å². The first-order valence-electron chi connectivity index (χ1n) is 11.6. The molecule has 2 saturated carbocycles. The van der Waals surface area contributed by atoms with E-state index in [4.69, 9.17) is 5.73 Å². The van der Waals surface area contributed by atoms with E-state index in [2.05, 4.69) is 10.3 Å². The molecule has 2 amide bonds. The van der Waals surface area contributed by atoms with Gasteiger partial charge in [-0.15, -0.1) is 0 Å². The summed E-state index contributed by atoms with van der Waals surface area (Å²) in [5.41, 5.74) is 3.84. The number of nitrogens with one attached hydrogen (secondary N) is 1. The Labute approximate surface area is 196 Å². The molecule has 0 atom stereocenters. The number of aliphatic imine (C=N–C) groups is 1. The van der Waals surface area contributed by atoms with Crippen molar-refractivity contribution >= 4 is 11.9 Å². The van der Waals surface area contributed by atoms with Crippen molar-refractivity contribution in [2.75, 3.05) is 27.2 Å². The van der Waals surface area contributed by atoms with Crippen LogP contribution in [-0.4, -0.2) is 60.6 Å². The van der Waals surface area contributed by atoms with Crippen molar-refractivity contribution in [2.24, 2.45) is 16.6 Å². The van der Waals surface area contributed by atoms with Crippen molar-refractivity contribution < 1.29 is 22.4 Å². The highest BCUT2D eigenvalue weighted by atomic mass is 19.4. The van der Waals surface area contributed by atoms with Gasteiger partial charge in [-0.1, -0.05) is 12.1 Å². The molecule has 0 aromatic heterocycles. The second-order valence-corrected chi connectivity index (χ2v) is 9.67. The Bertz CT molecular complexity index is 993. The molecule has 3 fully saturated rings. The second kappa shape index (κ2) is 8.87. The molecule has 0 unspecified atom stereocenters. The summed E-state index contributed by atoms with van der Waals surface area (Å²) in [7, 11) is 3.21. The highest BCUT2D eigenvalue weighted by Crippen LogP contribution is 2.48. The minimum absolute atomic E-state index is 0.0897. The lowest BCUT2D eigenvalue weighted by atomic mass is 9.69. The van der Waals surface area contributed by atoms with Gasteiger partial charge in [0.05, 0.1) is 12.1 Å². The van der Waals surface area contributed by atoms with E-state index in [1.807, 2.05) is 18.0 Å². The van der Waals surface area contributed by atoms with Crippen LogP contribution in [0.3, 0.4) is 0 Å². The Balaban J connectivity index is 1.62. The van der Waals surface area contributed by atoms with Crippen molar-refractivity contribution in [1.29, 1.82) is 0 Å². The number of allylic oxidation sites excluding steroid dienone is 1. The third kappa shape index (κ3) is 4.52. The number of nitrogens with two attached hydrogens (primary N) is 1. The van der Waals surface area contributed by atoms with Gasteiger partial charge in [0.15, 0.2) is 0 Å². The van der Waals surface area contributed by atoms with Crippen LogP contribution in [0.2, 0.25) is 0 Å². The molecule has 0 bridgehead atoms. The third-order valence-corrected chi connectivity index (χ3v) is 7.63. The molecule has 1 aliphatic heterocycles. The van der Waals surface area contributed by atoms with Crippen molar-refractivity contribution in [3.63, 3.8) is 0 Å². The molecule has 186 valence electrons. The number of carbonyl (C=O) groups is 1. The Hall–Kier alpha value is -2.62. The van der Waals surface area contributed by atoms with E-state index >= 15 is 0 Å². The first-order valence-corrected chi connectivity index (χ1v) is 11.6. The third-order valence-electron chi connectivity index (χ3n) is 7.63. The number of nitrogens with zero attached hydrogens (tertiary/aromatic N) is 3. The Morgan fingerprint density at radius 3 is 2.47 bits per heavy atom. The molecular formula is C24H31F4N5O. The van der Waals surface area contributed by atoms with Gasteiger partial charge in [0, 0.05) is 25.2 Å². The van der Waals surface area contributed by atoms with Gasteiger partial charge in [-0.3, -0.25) is 9.89 Å². The Kier molecular flexibility index (Phi) is 6.39. The summed E-state index contributed by atoms with van der Waals surface area (Å²) in [4.78, 5) is 20.6. The second-order valence-electron chi connectivity index (χ2n) is 9.67. The largest absolute Gasteiger partial charge is 0.430 e. The topological polar surface area (TPSA) is 74.0 Å². The van der Waals surface area contributed by atoms with Crippen LogP contribution in [-0.2, 0) is 5.54 Å². The van der Waals surface area contributed by atoms with Crippen molar-refractivity contribution in [3.8, 4) is 0 Å². The number of amidine groups is 1. The maximum Gasteiger partial charge on any atom is 0.430 e. The molecule has 1 aromatic carbocycles. The maximum absolute atomic E-state index is 14.0. The molecule has 6 nitrogen and oxygen atoms in total. The van der Waals surface area contributed by atoms with Gasteiger partial charge in [-0.05, 0) is 69.2 Å². The van der Waals surface area contributed by atoms with Crippen LogP contribution in [0.15, 0.2) is 41.0 Å². The lowest BCUT2D eigenvalue weighted by Gasteiger charge is -2.48. The number of hydrogen-bond donors (Lipinski definition) is 2. The minimum atomic E-state index is -4.70. The standard InChI is InChI=1S/C24H31F4N5O/c1-30-20(13-19(29)24(26,27)28)32-15-22(33(21(32)34)14-16-6-7-16)8-10-23(31-2,11-9-22)17-4-3-5-18(25)12-17/h3-5,12-13,16,31H,6-11,14-15,29H2,1-2H3. The zero-order valence-electron chi connectivity index (χ0n) is 19.5. The summed E-state index contributed by atoms with van der Waals surface area (Å²) in [5.74, 6) is 0.0219. The van der Waals surface area contributed by atoms with Crippen LogP contribution in [0.1, 0.15) is 44.1 Å². The number of hydrogen-bond acceptors (Lipinski definition) is 4. The van der Waals surface area contributed by atoms with Gasteiger partial charge in [-0.2, -0.15) is 13.2 Å². The molecule has 1 spiro atoms. The van der Waals surface area contributed by atoms with Gasteiger partial charge in [-0.25, -0.2) is 9.18 Å². The van der Waals surface area contributed by atoms with Crippen molar-refractivity contribution in [2.45, 2.75) is 55.8 Å². The average Bonchev–Trinajstić information content (AvgIpc) is 3.59. The molecule has 1 saturated heterocycles. The molecule has 3 aliphatic rings. The number of alkyl halides is 3. The Morgan fingerprint density at radius 1 is 1.26 bits per heavy atom. The number of carbonyl (C=O) groups excluding carboxylic acids is 1. The summed E-state index contributed by atoms with van der Waals surface area (Å²) < 4.78 is 53.1. The minimum Gasteiger partial charge on any atom is -0.395 e. The summed E-state index contributed by atoms with van der Waals surface area (Å²) in [6, 6.07) is 6.21. The zero-order valence-corrected chi connectivity index (χ0v) is 19.5. The molecule has 10 heteroatoms. The van der Waals surface area contributed by atoms with E-state index in [1.165, 1.54) is 24.1 Å². The van der Waals surface area contributed by atoms with E-state index in [0.29, 0.717) is 38.1 Å². The van der Waals surface area contributed by atoms with Crippen LogP contribution in [0.4, 0.5) is 22.4 Å². The number of urea groups is 1. The summed E-state index contributed by atoms with van der Waals surface area (Å²) >= 11 is 0. The fourth-order valence-electron chi connectivity index (χ4n) is 5.33. The van der Waals surface area contributed by atoms with Gasteiger partial charge in [0.2, 0.25) is 0 Å². The fourth-order valence-corrected chi connectivity index (χ4v) is 5.33. The monoisotopic (exact) mass is 481 g/mol. The first-order chi connectivity index (χ1) is 16.0. The van der Waals surface area contributed by atoms with E-state index in [0.717, 1.165) is 24.5 Å². The quantitative estimate of drug-likeness (QED) is 0.377. The lowest BCUT2D eigenvalue weighted by Crippen LogP contribution is -2.55. The summed E-state index contributed by atoms with van der Waals surface area (Å²) in [6.45, 7) is 0.827. The first kappa shape index (κ1) is 24.5. The highest BCUT2D eigenvalue weighted by molar-refractivity contribution is 6.05. The van der Waals surface area contributed by atoms with Crippen molar-refractivity contribution in [1.82, 2.24) is 15.1 Å². The van der Waals surface area contributed by atoms with Crippen LogP contribution >= 0.6 is 0 Å². The van der Waals surface area contributed by atoms with Crippen molar-refractivity contribution in [3.05, 3.63) is 47.4 Å². The summed E-state index contributed by atoms with van der Waals surface area (Å²) in [5, 5.41) is 3.38. The van der Waals surface area contributed by atoms with Crippen LogP contribution in [0.5, 0.6) is 0 Å². The van der Waals surface area contributed by atoms with Gasteiger partial charge in [0.25, 0.3) is 0 Å². The average molecular weight is 482 g/mol. The number of benzene rings is 1. The van der Waals surface area contributed by atoms with Gasteiger partial charge < -0.3 is 16.0 Å². The molecule has 34 heavy (non-hydrogen) atoms. The van der Waals surface area contributed by atoms with Crippen LogP contribution < -0.4 is 11.1 Å². The predicted octanol–water partition coefficient (Wildman–Crippen LogP) is 4.13. The lowest BCUT2D eigenvalue weighted by molar-refractivity contribution is -0.0925. The fraction of sp³-hybridized carbons (Fsp3) is 0.583. The van der Waals surface area contributed by atoms with Gasteiger partial charge in [0.1, 0.15) is 17.3 Å². The van der Waals surface area contributed by atoms with E-state index in [-0.39, 0.29) is 24.2 Å². The number of amides is 2.